The predicted molar refractivity (Wildman–Crippen MR) is 120 cm³/mol. The second-order valence-corrected chi connectivity index (χ2v) is 9.24. The third kappa shape index (κ3) is 9.66. The van der Waals surface area contributed by atoms with Gasteiger partial charge >= 0.3 is 0 Å². The molecule has 0 aromatic carbocycles. The molecule has 12 heteroatoms. The van der Waals surface area contributed by atoms with Gasteiger partial charge in [0.15, 0.2) is 6.10 Å². The Labute approximate surface area is 193 Å². The van der Waals surface area contributed by atoms with Crippen LogP contribution >= 0.6 is 0 Å². The number of carbonyl (C=O) groups is 2. The average molecular weight is 472 g/mol. The monoisotopic (exact) mass is 471 g/mol. The highest BCUT2D eigenvalue weighted by molar-refractivity contribution is 5.90. The molecule has 0 aliphatic carbocycles. The number of amides is 2. The van der Waals surface area contributed by atoms with Crippen molar-refractivity contribution in [3.8, 4) is 0 Å². The number of hydrogen-bond donors (Lipinski definition) is 5. The van der Waals surface area contributed by atoms with Crippen LogP contribution in [0.1, 0.15) is 40.0 Å². The van der Waals surface area contributed by atoms with Crippen molar-refractivity contribution in [1.29, 1.82) is 0 Å². The van der Waals surface area contributed by atoms with Crippen LogP contribution in [0.4, 0.5) is 0 Å². The molecule has 5 N–H and O–H groups in total. The van der Waals surface area contributed by atoms with Crippen molar-refractivity contribution in [3.63, 3.8) is 0 Å². The number of nitrogens with one attached hydrogen (secondary N) is 1. The summed E-state index contributed by atoms with van der Waals surface area (Å²) in [6, 6.07) is -0.971. The zero-order valence-corrected chi connectivity index (χ0v) is 19.7. The number of methoxy groups -OCH3 is 1. The van der Waals surface area contributed by atoms with Crippen molar-refractivity contribution in [3.05, 3.63) is 22.6 Å². The Hall–Kier alpha value is -2.21. The molecule has 1 heterocycles. The number of aliphatic hydroxyl groups excluding tert-OH is 4. The minimum atomic E-state index is -1.76. The van der Waals surface area contributed by atoms with Gasteiger partial charge in [0.25, 0.3) is 5.91 Å². The highest BCUT2D eigenvalue weighted by atomic mass is 16.5. The minimum Gasteiger partial charge on any atom is -0.391 e. The van der Waals surface area contributed by atoms with E-state index in [0.29, 0.717) is 6.42 Å². The van der Waals surface area contributed by atoms with Crippen LogP contribution in [-0.4, -0.2) is 100 Å². The summed E-state index contributed by atoms with van der Waals surface area (Å²) in [7, 11) is 1.16. The fourth-order valence-electron chi connectivity index (χ4n) is 3.39. The van der Waals surface area contributed by atoms with E-state index < -0.39 is 48.4 Å². The summed E-state index contributed by atoms with van der Waals surface area (Å²) in [5.74, 6) is -1.25. The van der Waals surface area contributed by atoms with Gasteiger partial charge in [-0.3, -0.25) is 9.59 Å². The molecule has 1 saturated heterocycles. The van der Waals surface area contributed by atoms with Gasteiger partial charge in [-0.15, -0.1) is 0 Å². The van der Waals surface area contributed by atoms with Gasteiger partial charge in [-0.2, -0.15) is 0 Å². The van der Waals surface area contributed by atoms with E-state index >= 15 is 0 Å². The molecule has 0 saturated carbocycles. The lowest BCUT2D eigenvalue weighted by Gasteiger charge is -2.29. The summed E-state index contributed by atoms with van der Waals surface area (Å²) >= 11 is 0. The van der Waals surface area contributed by atoms with E-state index in [-0.39, 0.29) is 37.9 Å². The second-order valence-electron chi connectivity index (χ2n) is 9.24. The van der Waals surface area contributed by atoms with E-state index in [1.54, 1.807) is 6.08 Å². The maximum Gasteiger partial charge on any atom is 0.252 e. The number of allylic oxidation sites excluding steroid dienone is 1. The summed E-state index contributed by atoms with van der Waals surface area (Å²) in [6.07, 6.45) is -3.38. The molecule has 6 atom stereocenters. The molecule has 1 rings (SSSR count). The molecule has 188 valence electrons. The Morgan fingerprint density at radius 2 is 2.00 bits per heavy atom. The zero-order chi connectivity index (χ0) is 25.2. The lowest BCUT2D eigenvalue weighted by molar-refractivity contribution is -0.151. The van der Waals surface area contributed by atoms with Gasteiger partial charge in [-0.1, -0.05) is 38.0 Å². The van der Waals surface area contributed by atoms with Crippen molar-refractivity contribution in [2.75, 3.05) is 26.7 Å². The Bertz CT molecular complexity index is 720. The number of ether oxygens (including phenoxy) is 1. The summed E-state index contributed by atoms with van der Waals surface area (Å²) in [5, 5.41) is 47.0. The summed E-state index contributed by atoms with van der Waals surface area (Å²) in [5.41, 5.74) is 8.10. The molecule has 1 aliphatic rings. The zero-order valence-electron chi connectivity index (χ0n) is 19.7. The maximum absolute atomic E-state index is 12.9. The van der Waals surface area contributed by atoms with Crippen molar-refractivity contribution in [1.82, 2.24) is 10.2 Å². The van der Waals surface area contributed by atoms with Gasteiger partial charge in [-0.25, -0.2) is 0 Å². The molecule has 0 radical (unpaired) electrons. The van der Waals surface area contributed by atoms with Crippen LogP contribution in [0.5, 0.6) is 0 Å². The van der Waals surface area contributed by atoms with Crippen molar-refractivity contribution >= 4 is 11.8 Å². The predicted octanol–water partition coefficient (Wildman–Crippen LogP) is -0.145. The number of azide groups is 1. The molecule has 2 amide bonds. The van der Waals surface area contributed by atoms with Crippen LogP contribution < -0.4 is 5.32 Å². The fourth-order valence-corrected chi connectivity index (χ4v) is 3.39. The van der Waals surface area contributed by atoms with Crippen LogP contribution in [0.25, 0.3) is 10.4 Å². The highest BCUT2D eigenvalue weighted by Crippen LogP contribution is 2.18. The molecule has 0 unspecified atom stereocenters. The summed E-state index contributed by atoms with van der Waals surface area (Å²) in [4.78, 5) is 29.7. The molecular weight excluding hydrogens is 434 g/mol. The molecular formula is C21H37N5O7. The topological polar surface area (TPSA) is 188 Å². The van der Waals surface area contributed by atoms with Crippen molar-refractivity contribution < 1.29 is 34.8 Å². The first kappa shape index (κ1) is 28.8. The number of aliphatic hydroxyl groups is 4. The first-order valence-corrected chi connectivity index (χ1v) is 11.0. The lowest BCUT2D eigenvalue weighted by atomic mass is 9.94. The van der Waals surface area contributed by atoms with Gasteiger partial charge in [0.05, 0.1) is 6.10 Å². The Balaban J connectivity index is 2.85. The SMILES string of the molecule is CO[C@@H](C(=O)N[C@H]1CC[C@H](O)CN(CCCN=[N+]=[N-])C1=O)[C@H](O)[C@@H](O)[C@H](O)C=CC(C)(C)C. The Kier molecular flexibility index (Phi) is 11.8. The maximum atomic E-state index is 12.9. The first-order valence-electron chi connectivity index (χ1n) is 11.0. The lowest BCUT2D eigenvalue weighted by Crippen LogP contribution is -2.56. The number of carbonyl (C=O) groups excluding carboxylic acids is 2. The third-order valence-electron chi connectivity index (χ3n) is 5.21. The Morgan fingerprint density at radius 3 is 2.58 bits per heavy atom. The number of nitrogens with zero attached hydrogens (tertiary/aromatic N) is 4. The van der Waals surface area contributed by atoms with Crippen LogP contribution in [-0.2, 0) is 14.3 Å². The van der Waals surface area contributed by atoms with Gasteiger partial charge < -0.3 is 35.4 Å². The van der Waals surface area contributed by atoms with E-state index in [1.807, 2.05) is 20.8 Å². The highest BCUT2D eigenvalue weighted by Gasteiger charge is 2.38. The van der Waals surface area contributed by atoms with Crippen LogP contribution in [0.15, 0.2) is 17.3 Å². The van der Waals surface area contributed by atoms with E-state index in [1.165, 1.54) is 11.0 Å². The van der Waals surface area contributed by atoms with E-state index in [9.17, 15) is 30.0 Å². The molecule has 1 fully saturated rings. The van der Waals surface area contributed by atoms with Crippen LogP contribution in [0.3, 0.4) is 0 Å². The largest absolute Gasteiger partial charge is 0.391 e. The molecule has 0 aromatic rings. The molecule has 0 aromatic heterocycles. The molecule has 1 aliphatic heterocycles. The van der Waals surface area contributed by atoms with Crippen LogP contribution in [0, 0.1) is 5.41 Å². The molecule has 0 bridgehead atoms. The van der Waals surface area contributed by atoms with E-state index in [2.05, 4.69) is 15.3 Å². The van der Waals surface area contributed by atoms with Crippen molar-refractivity contribution in [2.24, 2.45) is 10.5 Å². The number of rotatable bonds is 11. The third-order valence-corrected chi connectivity index (χ3v) is 5.21. The normalized spacial score (nSPS) is 23.4. The standard InChI is InChI=1S/C21H37N5O7/c1-21(2,3)9-8-15(28)16(29)17(30)18(33-4)19(31)24-14-7-6-13(27)12-26(20(14)32)11-5-10-23-25-22/h8-9,13-18,27-30H,5-7,10-12H2,1-4H3,(H,24,31)/t13-,14-,15+,16-,17+,18+/m0/s1. The number of likely N-dealkylation sites (tertiary alicyclic amines) is 1. The quantitative estimate of drug-likeness (QED) is 0.0910. The van der Waals surface area contributed by atoms with E-state index in [4.69, 9.17) is 10.3 Å². The second kappa shape index (κ2) is 13.5. The Morgan fingerprint density at radius 1 is 1.33 bits per heavy atom. The first-order chi connectivity index (χ1) is 15.4. The summed E-state index contributed by atoms with van der Waals surface area (Å²) in [6.45, 7) is 6.20. The minimum absolute atomic E-state index is 0.0861. The molecule has 12 nitrogen and oxygen atoms in total. The molecule has 0 spiro atoms. The van der Waals surface area contributed by atoms with Gasteiger partial charge in [0, 0.05) is 31.7 Å². The van der Waals surface area contributed by atoms with Crippen molar-refractivity contribution in [2.45, 2.75) is 76.6 Å². The fraction of sp³-hybridized carbons (Fsp3) is 0.810. The van der Waals surface area contributed by atoms with Gasteiger partial charge in [0.1, 0.15) is 24.4 Å². The number of β-amino-alcohol motifs (C(OH)–C–C–N with tert-alkyl or cyclic N) is 1. The smallest absolute Gasteiger partial charge is 0.252 e. The number of hydrogen-bond acceptors (Lipinski definition) is 8. The average Bonchev–Trinajstić information content (AvgIpc) is 2.87. The molecule has 33 heavy (non-hydrogen) atoms. The van der Waals surface area contributed by atoms with Gasteiger partial charge in [-0.05, 0) is 30.2 Å². The summed E-state index contributed by atoms with van der Waals surface area (Å²) < 4.78 is 5.06. The van der Waals surface area contributed by atoms with Crippen LogP contribution in [0.2, 0.25) is 0 Å². The van der Waals surface area contributed by atoms with Gasteiger partial charge in [0.2, 0.25) is 5.91 Å². The van der Waals surface area contributed by atoms with E-state index in [0.717, 1.165) is 7.11 Å².